The second kappa shape index (κ2) is 11.3. The summed E-state index contributed by atoms with van der Waals surface area (Å²) in [7, 11) is 1.59. The smallest absolute Gasteiger partial charge is 0.243 e. The van der Waals surface area contributed by atoms with Crippen molar-refractivity contribution in [3.05, 3.63) is 78.4 Å². The van der Waals surface area contributed by atoms with Gasteiger partial charge in [0, 0.05) is 24.7 Å². The highest BCUT2D eigenvalue weighted by atomic mass is 16.5. The first-order valence-corrected chi connectivity index (χ1v) is 11.5. The quantitative estimate of drug-likeness (QED) is 0.428. The van der Waals surface area contributed by atoms with Crippen LogP contribution in [-0.4, -0.2) is 32.1 Å². The van der Waals surface area contributed by atoms with Gasteiger partial charge in [-0.3, -0.25) is 20.4 Å². The molecule has 0 aromatic heterocycles. The van der Waals surface area contributed by atoms with E-state index in [1.807, 2.05) is 49.4 Å². The van der Waals surface area contributed by atoms with Crippen LogP contribution in [0.1, 0.15) is 18.9 Å². The summed E-state index contributed by atoms with van der Waals surface area (Å²) in [6.45, 7) is 3.11. The maximum atomic E-state index is 12.8. The first-order chi connectivity index (χ1) is 17.1. The minimum Gasteiger partial charge on any atom is -0.497 e. The molecule has 1 aliphatic rings. The summed E-state index contributed by atoms with van der Waals surface area (Å²) in [5, 5.41) is 0. The van der Waals surface area contributed by atoms with Crippen LogP contribution in [0.5, 0.6) is 17.2 Å². The molecule has 35 heavy (non-hydrogen) atoms. The number of anilines is 2. The molecule has 2 N–H and O–H groups in total. The molecule has 182 valence electrons. The lowest BCUT2D eigenvalue weighted by Gasteiger charge is -2.18. The fraction of sp³-hybridized carbons (Fsp3) is 0.259. The normalized spacial score (nSPS) is 15.0. The molecular formula is C27H29N3O5. The number of carbonyl (C=O) groups is 2. The Bertz CT molecular complexity index is 1150. The maximum absolute atomic E-state index is 12.8. The SMILES string of the molecule is CCOc1cc(NNC(=O)[C@@H]2CC(=O)N(c3ccc(OC)cc3)C2)ccc1OCc1ccccc1. The van der Waals surface area contributed by atoms with Gasteiger partial charge >= 0.3 is 0 Å². The van der Waals surface area contributed by atoms with Gasteiger partial charge in [0.1, 0.15) is 12.4 Å². The molecule has 2 amide bonds. The molecule has 1 atom stereocenters. The van der Waals surface area contributed by atoms with Crippen LogP contribution in [0.25, 0.3) is 0 Å². The minimum atomic E-state index is -0.461. The molecule has 1 aliphatic heterocycles. The zero-order chi connectivity index (χ0) is 24.6. The van der Waals surface area contributed by atoms with E-state index in [-0.39, 0.29) is 18.2 Å². The summed E-state index contributed by atoms with van der Waals surface area (Å²) in [4.78, 5) is 26.9. The number of rotatable bonds is 10. The van der Waals surface area contributed by atoms with E-state index in [0.717, 1.165) is 11.3 Å². The van der Waals surface area contributed by atoms with Gasteiger partial charge in [-0.05, 0) is 48.9 Å². The second-order valence-electron chi connectivity index (χ2n) is 8.09. The number of benzene rings is 3. The van der Waals surface area contributed by atoms with E-state index in [1.165, 1.54) is 0 Å². The van der Waals surface area contributed by atoms with Gasteiger partial charge in [0.05, 0.1) is 25.3 Å². The van der Waals surface area contributed by atoms with Gasteiger partial charge in [-0.25, -0.2) is 0 Å². The Labute approximate surface area is 204 Å². The number of nitrogens with one attached hydrogen (secondary N) is 2. The fourth-order valence-corrected chi connectivity index (χ4v) is 3.84. The van der Waals surface area contributed by atoms with Crippen LogP contribution in [0, 0.1) is 5.92 Å². The lowest BCUT2D eigenvalue weighted by atomic mass is 10.1. The predicted molar refractivity (Wildman–Crippen MR) is 134 cm³/mol. The molecule has 1 saturated heterocycles. The highest BCUT2D eigenvalue weighted by molar-refractivity contribution is 6.00. The molecule has 0 bridgehead atoms. The van der Waals surface area contributed by atoms with Gasteiger partial charge < -0.3 is 19.1 Å². The van der Waals surface area contributed by atoms with Gasteiger partial charge in [-0.1, -0.05) is 30.3 Å². The molecule has 8 heteroatoms. The van der Waals surface area contributed by atoms with Crippen LogP contribution in [-0.2, 0) is 16.2 Å². The van der Waals surface area contributed by atoms with Crippen molar-refractivity contribution >= 4 is 23.2 Å². The predicted octanol–water partition coefficient (Wildman–Crippen LogP) is 4.17. The third kappa shape index (κ3) is 6.03. The lowest BCUT2D eigenvalue weighted by Crippen LogP contribution is -2.36. The van der Waals surface area contributed by atoms with Crippen molar-refractivity contribution in [1.82, 2.24) is 5.43 Å². The molecule has 0 spiro atoms. The highest BCUT2D eigenvalue weighted by Gasteiger charge is 2.35. The first-order valence-electron chi connectivity index (χ1n) is 11.5. The van der Waals surface area contributed by atoms with E-state index in [2.05, 4.69) is 10.9 Å². The van der Waals surface area contributed by atoms with Crippen molar-refractivity contribution in [3.8, 4) is 17.2 Å². The second-order valence-corrected chi connectivity index (χ2v) is 8.09. The average molecular weight is 476 g/mol. The summed E-state index contributed by atoms with van der Waals surface area (Å²) >= 11 is 0. The monoisotopic (exact) mass is 475 g/mol. The number of carbonyl (C=O) groups excluding carboxylic acids is 2. The Kier molecular flexibility index (Phi) is 7.72. The molecule has 4 rings (SSSR count). The molecule has 1 heterocycles. The number of methoxy groups -OCH3 is 1. The van der Waals surface area contributed by atoms with Gasteiger partial charge in [0.15, 0.2) is 11.5 Å². The number of nitrogens with zero attached hydrogens (tertiary/aromatic N) is 1. The summed E-state index contributed by atoms with van der Waals surface area (Å²) < 4.78 is 16.8. The standard InChI is InChI=1S/C27H29N3O5/c1-3-34-25-16-21(9-14-24(25)35-18-19-7-5-4-6-8-19)28-29-27(32)20-15-26(31)30(17-20)22-10-12-23(33-2)13-11-22/h4-14,16,20,28H,3,15,17-18H2,1-2H3,(H,29,32)/t20-/m1/s1. The summed E-state index contributed by atoms with van der Waals surface area (Å²) in [6, 6.07) is 22.5. The first kappa shape index (κ1) is 23.9. The maximum Gasteiger partial charge on any atom is 0.243 e. The number of hydrogen-bond acceptors (Lipinski definition) is 6. The van der Waals surface area contributed by atoms with Crippen molar-refractivity contribution in [2.75, 3.05) is 30.6 Å². The molecular weight excluding hydrogens is 446 g/mol. The molecule has 3 aromatic rings. The third-order valence-electron chi connectivity index (χ3n) is 5.69. The Morgan fingerprint density at radius 3 is 2.49 bits per heavy atom. The molecule has 8 nitrogen and oxygen atoms in total. The van der Waals surface area contributed by atoms with Crippen LogP contribution >= 0.6 is 0 Å². The van der Waals surface area contributed by atoms with Crippen molar-refractivity contribution in [3.63, 3.8) is 0 Å². The van der Waals surface area contributed by atoms with Gasteiger partial charge in [-0.15, -0.1) is 0 Å². The average Bonchev–Trinajstić information content (AvgIpc) is 3.29. The molecule has 0 radical (unpaired) electrons. The number of amides is 2. The Hall–Kier alpha value is -4.20. The van der Waals surface area contributed by atoms with E-state index in [1.54, 1.807) is 42.3 Å². The van der Waals surface area contributed by atoms with E-state index in [0.29, 0.717) is 42.7 Å². The number of ether oxygens (including phenoxy) is 3. The van der Waals surface area contributed by atoms with Crippen LogP contribution in [0.15, 0.2) is 72.8 Å². The Morgan fingerprint density at radius 2 is 1.77 bits per heavy atom. The highest BCUT2D eigenvalue weighted by Crippen LogP contribution is 2.31. The lowest BCUT2D eigenvalue weighted by molar-refractivity contribution is -0.125. The molecule has 0 aliphatic carbocycles. The zero-order valence-electron chi connectivity index (χ0n) is 19.8. The van der Waals surface area contributed by atoms with Crippen LogP contribution in [0.4, 0.5) is 11.4 Å². The van der Waals surface area contributed by atoms with Crippen LogP contribution in [0.2, 0.25) is 0 Å². The van der Waals surface area contributed by atoms with Crippen molar-refractivity contribution in [2.24, 2.45) is 5.92 Å². The van der Waals surface area contributed by atoms with E-state index in [4.69, 9.17) is 14.2 Å². The zero-order valence-corrected chi connectivity index (χ0v) is 19.8. The van der Waals surface area contributed by atoms with E-state index < -0.39 is 5.92 Å². The Morgan fingerprint density at radius 1 is 1.00 bits per heavy atom. The molecule has 0 unspecified atom stereocenters. The van der Waals surface area contributed by atoms with Crippen molar-refractivity contribution < 1.29 is 23.8 Å². The van der Waals surface area contributed by atoms with Gasteiger partial charge in [-0.2, -0.15) is 0 Å². The van der Waals surface area contributed by atoms with Crippen molar-refractivity contribution in [1.29, 1.82) is 0 Å². The summed E-state index contributed by atoms with van der Waals surface area (Å²) in [6.07, 6.45) is 0.149. The fourth-order valence-electron chi connectivity index (χ4n) is 3.84. The van der Waals surface area contributed by atoms with E-state index >= 15 is 0 Å². The van der Waals surface area contributed by atoms with Crippen LogP contribution < -0.4 is 30.0 Å². The minimum absolute atomic E-state index is 0.0890. The van der Waals surface area contributed by atoms with Gasteiger partial charge in [0.25, 0.3) is 0 Å². The number of hydrazine groups is 1. The topological polar surface area (TPSA) is 89.1 Å². The molecule has 1 fully saturated rings. The summed E-state index contributed by atoms with van der Waals surface area (Å²) in [5.74, 6) is 1.10. The summed E-state index contributed by atoms with van der Waals surface area (Å²) in [5.41, 5.74) is 8.08. The van der Waals surface area contributed by atoms with Crippen LogP contribution in [0.3, 0.4) is 0 Å². The Balaban J connectivity index is 1.34. The van der Waals surface area contributed by atoms with Gasteiger partial charge in [0.2, 0.25) is 11.8 Å². The number of hydrogen-bond donors (Lipinski definition) is 2. The van der Waals surface area contributed by atoms with Crippen molar-refractivity contribution in [2.45, 2.75) is 20.0 Å². The molecule has 0 saturated carbocycles. The van der Waals surface area contributed by atoms with E-state index in [9.17, 15) is 9.59 Å². The largest absolute Gasteiger partial charge is 0.497 e. The molecule has 3 aromatic carbocycles. The third-order valence-corrected chi connectivity index (χ3v) is 5.69.